The Morgan fingerprint density at radius 1 is 0.944 bits per heavy atom. The van der Waals surface area contributed by atoms with Crippen molar-refractivity contribution in [3.8, 4) is 0 Å². The van der Waals surface area contributed by atoms with E-state index in [-0.39, 0.29) is 0 Å². The first-order valence-electron chi connectivity index (χ1n) is 7.67. The molecule has 0 saturated carbocycles. The van der Waals surface area contributed by atoms with Gasteiger partial charge in [-0.3, -0.25) is 0 Å². The molecule has 0 aromatic rings. The Morgan fingerprint density at radius 3 is 2.28 bits per heavy atom. The molecule has 0 aromatic carbocycles. The Hall–Kier alpha value is -0.120. The molecule has 1 saturated heterocycles. The van der Waals surface area contributed by atoms with Crippen LogP contribution in [0.25, 0.3) is 0 Å². The maximum atomic E-state index is 5.66. The minimum atomic E-state index is 0.811. The fraction of sp³-hybridized carbons (Fsp3) is 1.00. The second kappa shape index (κ2) is 9.76. The van der Waals surface area contributed by atoms with Crippen molar-refractivity contribution >= 4 is 0 Å². The highest BCUT2D eigenvalue weighted by atomic mass is 16.5. The molecule has 3 heteroatoms. The van der Waals surface area contributed by atoms with Gasteiger partial charge in [0, 0.05) is 39.4 Å². The van der Waals surface area contributed by atoms with Gasteiger partial charge in [-0.15, -0.1) is 0 Å². The van der Waals surface area contributed by atoms with Gasteiger partial charge in [0.05, 0.1) is 0 Å². The third kappa shape index (κ3) is 8.06. The average molecular weight is 256 g/mol. The Bertz CT molecular complexity index is 189. The highest BCUT2D eigenvalue weighted by molar-refractivity contribution is 4.68. The number of piperazine rings is 1. The zero-order valence-corrected chi connectivity index (χ0v) is 12.7. The zero-order valence-electron chi connectivity index (χ0n) is 12.7. The number of unbranched alkanes of at least 4 members (excludes halogenated alkanes) is 1. The highest BCUT2D eigenvalue weighted by Crippen LogP contribution is 2.04. The van der Waals surface area contributed by atoms with E-state index in [1.807, 2.05) is 0 Å². The Kier molecular flexibility index (Phi) is 8.64. The van der Waals surface area contributed by atoms with E-state index in [0.29, 0.717) is 0 Å². The molecule has 0 radical (unpaired) electrons. The summed E-state index contributed by atoms with van der Waals surface area (Å²) in [6.07, 6.45) is 5.01. The fourth-order valence-corrected chi connectivity index (χ4v) is 2.31. The van der Waals surface area contributed by atoms with E-state index in [1.165, 1.54) is 58.4 Å². The second-order valence-electron chi connectivity index (χ2n) is 6.00. The summed E-state index contributed by atoms with van der Waals surface area (Å²) < 4.78 is 5.66. The average Bonchev–Trinajstić information content (AvgIpc) is 2.34. The molecule has 0 bridgehead atoms. The smallest absolute Gasteiger partial charge is 0.0466 e. The number of rotatable bonds is 9. The summed E-state index contributed by atoms with van der Waals surface area (Å²) in [5.74, 6) is 0.811. The van der Waals surface area contributed by atoms with Crippen LogP contribution in [0.5, 0.6) is 0 Å². The van der Waals surface area contributed by atoms with Crippen molar-refractivity contribution < 1.29 is 4.74 Å². The predicted molar refractivity (Wildman–Crippen MR) is 78.1 cm³/mol. The van der Waals surface area contributed by atoms with Gasteiger partial charge in [-0.1, -0.05) is 13.8 Å². The molecule has 1 aliphatic rings. The number of hydrogen-bond donors (Lipinski definition) is 0. The molecule has 0 aromatic heterocycles. The molecular weight excluding hydrogens is 224 g/mol. The molecule has 0 amide bonds. The van der Waals surface area contributed by atoms with Gasteiger partial charge in [-0.25, -0.2) is 0 Å². The monoisotopic (exact) mass is 256 g/mol. The van der Waals surface area contributed by atoms with Gasteiger partial charge in [0.15, 0.2) is 0 Å². The van der Waals surface area contributed by atoms with Crippen LogP contribution in [0.15, 0.2) is 0 Å². The summed E-state index contributed by atoms with van der Waals surface area (Å²) in [4.78, 5) is 4.99. The molecule has 0 N–H and O–H groups in total. The second-order valence-corrected chi connectivity index (χ2v) is 6.00. The van der Waals surface area contributed by atoms with Gasteiger partial charge in [-0.05, 0) is 45.2 Å². The van der Waals surface area contributed by atoms with Gasteiger partial charge in [0.1, 0.15) is 0 Å². The number of hydrogen-bond acceptors (Lipinski definition) is 3. The van der Waals surface area contributed by atoms with Crippen molar-refractivity contribution in [1.29, 1.82) is 0 Å². The van der Waals surface area contributed by atoms with Crippen LogP contribution >= 0.6 is 0 Å². The molecule has 1 heterocycles. The first-order valence-corrected chi connectivity index (χ1v) is 7.67. The van der Waals surface area contributed by atoms with Crippen LogP contribution in [0, 0.1) is 5.92 Å². The SMILES string of the molecule is CC(C)CCCOCCCCN1CCN(C)CC1. The van der Waals surface area contributed by atoms with Crippen LogP contribution in [0.4, 0.5) is 0 Å². The van der Waals surface area contributed by atoms with Crippen molar-refractivity contribution in [3.05, 3.63) is 0 Å². The van der Waals surface area contributed by atoms with Crippen molar-refractivity contribution in [3.63, 3.8) is 0 Å². The molecule has 0 aliphatic carbocycles. The lowest BCUT2D eigenvalue weighted by Crippen LogP contribution is -2.44. The number of nitrogens with zero attached hydrogens (tertiary/aromatic N) is 2. The molecule has 0 atom stereocenters. The normalized spacial score (nSPS) is 18.7. The standard InChI is InChI=1S/C15H32N2O/c1-15(2)7-6-14-18-13-5-4-8-17-11-9-16(3)10-12-17/h15H,4-14H2,1-3H3. The van der Waals surface area contributed by atoms with Gasteiger partial charge < -0.3 is 14.5 Å². The van der Waals surface area contributed by atoms with Gasteiger partial charge in [-0.2, -0.15) is 0 Å². The third-order valence-electron chi connectivity index (χ3n) is 3.68. The van der Waals surface area contributed by atoms with Crippen LogP contribution in [-0.2, 0) is 4.74 Å². The van der Waals surface area contributed by atoms with E-state index >= 15 is 0 Å². The summed E-state index contributed by atoms with van der Waals surface area (Å²) in [6.45, 7) is 12.6. The quantitative estimate of drug-likeness (QED) is 0.589. The molecule has 18 heavy (non-hydrogen) atoms. The van der Waals surface area contributed by atoms with E-state index in [2.05, 4.69) is 30.7 Å². The number of ether oxygens (including phenoxy) is 1. The van der Waals surface area contributed by atoms with Gasteiger partial charge >= 0.3 is 0 Å². The molecule has 0 spiro atoms. The molecular formula is C15H32N2O. The van der Waals surface area contributed by atoms with Crippen LogP contribution in [0.2, 0.25) is 0 Å². The minimum Gasteiger partial charge on any atom is -0.381 e. The van der Waals surface area contributed by atoms with E-state index in [1.54, 1.807) is 0 Å². The van der Waals surface area contributed by atoms with Crippen LogP contribution in [-0.4, -0.2) is 62.8 Å². The summed E-state index contributed by atoms with van der Waals surface area (Å²) in [7, 11) is 2.21. The lowest BCUT2D eigenvalue weighted by Gasteiger charge is -2.32. The maximum Gasteiger partial charge on any atom is 0.0466 e. The van der Waals surface area contributed by atoms with E-state index in [0.717, 1.165) is 19.1 Å². The fourth-order valence-electron chi connectivity index (χ4n) is 2.31. The Balaban J connectivity index is 1.81. The van der Waals surface area contributed by atoms with Crippen LogP contribution in [0.3, 0.4) is 0 Å². The molecule has 1 aliphatic heterocycles. The van der Waals surface area contributed by atoms with E-state index < -0.39 is 0 Å². The Morgan fingerprint density at radius 2 is 1.61 bits per heavy atom. The molecule has 3 nitrogen and oxygen atoms in total. The lowest BCUT2D eigenvalue weighted by atomic mass is 10.1. The third-order valence-corrected chi connectivity index (χ3v) is 3.68. The minimum absolute atomic E-state index is 0.811. The van der Waals surface area contributed by atoms with E-state index in [9.17, 15) is 0 Å². The summed E-state index contributed by atoms with van der Waals surface area (Å²) in [5, 5.41) is 0. The molecule has 0 unspecified atom stereocenters. The first kappa shape index (κ1) is 15.9. The summed E-state index contributed by atoms with van der Waals surface area (Å²) in [6, 6.07) is 0. The topological polar surface area (TPSA) is 15.7 Å². The van der Waals surface area contributed by atoms with Crippen molar-refractivity contribution in [1.82, 2.24) is 9.80 Å². The number of likely N-dealkylation sites (N-methyl/N-ethyl adjacent to an activating group) is 1. The molecule has 108 valence electrons. The maximum absolute atomic E-state index is 5.66. The Labute approximate surface area is 113 Å². The lowest BCUT2D eigenvalue weighted by molar-refractivity contribution is 0.114. The van der Waals surface area contributed by atoms with Crippen LogP contribution < -0.4 is 0 Å². The predicted octanol–water partition coefficient (Wildman–Crippen LogP) is 2.47. The largest absolute Gasteiger partial charge is 0.381 e. The van der Waals surface area contributed by atoms with Gasteiger partial charge in [0.25, 0.3) is 0 Å². The van der Waals surface area contributed by atoms with E-state index in [4.69, 9.17) is 4.74 Å². The molecule has 1 fully saturated rings. The highest BCUT2D eigenvalue weighted by Gasteiger charge is 2.12. The first-order chi connectivity index (χ1) is 8.68. The van der Waals surface area contributed by atoms with Crippen LogP contribution in [0.1, 0.15) is 39.5 Å². The zero-order chi connectivity index (χ0) is 13.2. The van der Waals surface area contributed by atoms with Crippen molar-refractivity contribution in [2.45, 2.75) is 39.5 Å². The summed E-state index contributed by atoms with van der Waals surface area (Å²) in [5.41, 5.74) is 0. The van der Waals surface area contributed by atoms with Crippen molar-refractivity contribution in [2.24, 2.45) is 5.92 Å². The van der Waals surface area contributed by atoms with Crippen molar-refractivity contribution in [2.75, 3.05) is 53.0 Å². The summed E-state index contributed by atoms with van der Waals surface area (Å²) >= 11 is 0. The van der Waals surface area contributed by atoms with Gasteiger partial charge in [0.2, 0.25) is 0 Å². The molecule has 1 rings (SSSR count).